The number of likely N-dealkylation sites (tertiary alicyclic amines) is 2. The van der Waals surface area contributed by atoms with Crippen molar-refractivity contribution in [1.29, 1.82) is 0 Å². The molecule has 0 N–H and O–H groups in total. The SMILES string of the molecule is CCOC(=O)C1CCCCN1C(=O)COC(=O)c1cccc(CN2CCCC2=O)c1. The van der Waals surface area contributed by atoms with Crippen molar-refractivity contribution in [2.45, 2.75) is 51.6 Å². The highest BCUT2D eigenvalue weighted by Crippen LogP contribution is 2.19. The van der Waals surface area contributed by atoms with E-state index in [0.717, 1.165) is 31.4 Å². The molecule has 1 unspecified atom stereocenters. The van der Waals surface area contributed by atoms with Gasteiger partial charge in [-0.1, -0.05) is 12.1 Å². The number of rotatable bonds is 7. The Morgan fingerprint density at radius 3 is 2.67 bits per heavy atom. The van der Waals surface area contributed by atoms with Gasteiger partial charge in [0, 0.05) is 26.1 Å². The van der Waals surface area contributed by atoms with Gasteiger partial charge in [0.15, 0.2) is 6.61 Å². The number of carbonyl (C=O) groups is 4. The summed E-state index contributed by atoms with van der Waals surface area (Å²) in [4.78, 5) is 52.2. The molecule has 3 rings (SSSR count). The molecule has 0 spiro atoms. The van der Waals surface area contributed by atoms with Crippen molar-refractivity contribution in [1.82, 2.24) is 9.80 Å². The number of esters is 2. The number of carbonyl (C=O) groups excluding carboxylic acids is 4. The second kappa shape index (κ2) is 10.2. The van der Waals surface area contributed by atoms with E-state index in [4.69, 9.17) is 9.47 Å². The van der Waals surface area contributed by atoms with Crippen LogP contribution in [0, 0.1) is 0 Å². The van der Waals surface area contributed by atoms with Crippen LogP contribution >= 0.6 is 0 Å². The fourth-order valence-corrected chi connectivity index (χ4v) is 3.90. The standard InChI is InChI=1S/C22H28N2O6/c1-2-29-22(28)18-9-3-4-12-24(18)20(26)15-30-21(27)17-8-5-7-16(13-17)14-23-11-6-10-19(23)25/h5,7-8,13,18H,2-4,6,9-12,14-15H2,1H3. The molecular formula is C22H28N2O6. The summed E-state index contributed by atoms with van der Waals surface area (Å²) in [5.74, 6) is -1.31. The molecule has 2 amide bonds. The fraction of sp³-hybridized carbons (Fsp3) is 0.545. The van der Waals surface area contributed by atoms with E-state index >= 15 is 0 Å². The highest BCUT2D eigenvalue weighted by atomic mass is 16.5. The Bertz CT molecular complexity index is 809. The van der Waals surface area contributed by atoms with Gasteiger partial charge in [0.05, 0.1) is 12.2 Å². The molecule has 162 valence electrons. The van der Waals surface area contributed by atoms with Crippen LogP contribution in [0.5, 0.6) is 0 Å². The van der Waals surface area contributed by atoms with Gasteiger partial charge in [-0.05, 0) is 50.3 Å². The van der Waals surface area contributed by atoms with Crippen molar-refractivity contribution in [2.75, 3.05) is 26.3 Å². The van der Waals surface area contributed by atoms with E-state index in [0.29, 0.717) is 31.5 Å². The monoisotopic (exact) mass is 416 g/mol. The molecular weight excluding hydrogens is 388 g/mol. The maximum absolute atomic E-state index is 12.6. The smallest absolute Gasteiger partial charge is 0.338 e. The molecule has 0 aromatic heterocycles. The molecule has 8 nitrogen and oxygen atoms in total. The van der Waals surface area contributed by atoms with Gasteiger partial charge < -0.3 is 19.3 Å². The molecule has 0 bridgehead atoms. The molecule has 2 fully saturated rings. The average Bonchev–Trinajstić information content (AvgIpc) is 3.16. The van der Waals surface area contributed by atoms with Crippen molar-refractivity contribution in [3.05, 3.63) is 35.4 Å². The van der Waals surface area contributed by atoms with E-state index in [1.807, 2.05) is 6.07 Å². The van der Waals surface area contributed by atoms with Crippen LogP contribution in [-0.2, 0) is 30.4 Å². The van der Waals surface area contributed by atoms with Gasteiger partial charge in [-0.15, -0.1) is 0 Å². The molecule has 2 heterocycles. The summed E-state index contributed by atoms with van der Waals surface area (Å²) in [6.07, 6.45) is 3.61. The van der Waals surface area contributed by atoms with Crippen LogP contribution in [0.4, 0.5) is 0 Å². The lowest BCUT2D eigenvalue weighted by Crippen LogP contribution is -2.50. The highest BCUT2D eigenvalue weighted by Gasteiger charge is 2.33. The first kappa shape index (κ1) is 21.8. The van der Waals surface area contributed by atoms with Crippen molar-refractivity contribution >= 4 is 23.8 Å². The van der Waals surface area contributed by atoms with Crippen LogP contribution in [0.15, 0.2) is 24.3 Å². The predicted octanol–water partition coefficient (Wildman–Crippen LogP) is 1.91. The lowest BCUT2D eigenvalue weighted by atomic mass is 10.0. The Labute approximate surface area is 176 Å². The van der Waals surface area contributed by atoms with Gasteiger partial charge in [0.2, 0.25) is 5.91 Å². The van der Waals surface area contributed by atoms with Crippen molar-refractivity contribution < 1.29 is 28.7 Å². The van der Waals surface area contributed by atoms with E-state index in [-0.39, 0.29) is 12.5 Å². The van der Waals surface area contributed by atoms with Crippen LogP contribution in [0.3, 0.4) is 0 Å². The Morgan fingerprint density at radius 1 is 1.10 bits per heavy atom. The van der Waals surface area contributed by atoms with E-state index in [2.05, 4.69) is 0 Å². The largest absolute Gasteiger partial charge is 0.464 e. The van der Waals surface area contributed by atoms with Crippen LogP contribution in [-0.4, -0.2) is 65.9 Å². The zero-order valence-corrected chi connectivity index (χ0v) is 17.3. The molecule has 1 atom stereocenters. The molecule has 0 radical (unpaired) electrons. The summed E-state index contributed by atoms with van der Waals surface area (Å²) in [6, 6.07) is 6.26. The zero-order valence-electron chi connectivity index (χ0n) is 17.3. The lowest BCUT2D eigenvalue weighted by molar-refractivity contribution is -0.157. The average molecular weight is 416 g/mol. The zero-order chi connectivity index (χ0) is 21.5. The van der Waals surface area contributed by atoms with Gasteiger partial charge in [-0.3, -0.25) is 9.59 Å². The summed E-state index contributed by atoms with van der Waals surface area (Å²) in [5.41, 5.74) is 1.16. The van der Waals surface area contributed by atoms with E-state index in [9.17, 15) is 19.2 Å². The summed E-state index contributed by atoms with van der Waals surface area (Å²) in [5, 5.41) is 0. The molecule has 8 heteroatoms. The number of nitrogens with zero attached hydrogens (tertiary/aromatic N) is 2. The third kappa shape index (κ3) is 5.37. The molecule has 0 saturated carbocycles. The first-order chi connectivity index (χ1) is 14.5. The summed E-state index contributed by atoms with van der Waals surface area (Å²) in [7, 11) is 0. The first-order valence-corrected chi connectivity index (χ1v) is 10.5. The third-order valence-electron chi connectivity index (χ3n) is 5.42. The van der Waals surface area contributed by atoms with Gasteiger partial charge in [0.25, 0.3) is 5.91 Å². The molecule has 1 aromatic carbocycles. The first-order valence-electron chi connectivity index (χ1n) is 10.5. The Kier molecular flexibility index (Phi) is 7.43. The Balaban J connectivity index is 1.56. The summed E-state index contributed by atoms with van der Waals surface area (Å²) >= 11 is 0. The van der Waals surface area contributed by atoms with Gasteiger partial charge in [0.1, 0.15) is 6.04 Å². The number of hydrogen-bond donors (Lipinski definition) is 0. The summed E-state index contributed by atoms with van der Waals surface area (Å²) < 4.78 is 10.3. The number of amides is 2. The van der Waals surface area contributed by atoms with Crippen molar-refractivity contribution in [3.8, 4) is 0 Å². The van der Waals surface area contributed by atoms with Crippen LogP contribution in [0.2, 0.25) is 0 Å². The minimum atomic E-state index is -0.619. The van der Waals surface area contributed by atoms with Gasteiger partial charge >= 0.3 is 11.9 Å². The van der Waals surface area contributed by atoms with Crippen LogP contribution in [0.1, 0.15) is 54.9 Å². The normalized spacial score (nSPS) is 19.0. The maximum atomic E-state index is 12.6. The summed E-state index contributed by atoms with van der Waals surface area (Å²) in [6.45, 7) is 3.17. The van der Waals surface area contributed by atoms with E-state index in [1.54, 1.807) is 30.0 Å². The Morgan fingerprint density at radius 2 is 1.93 bits per heavy atom. The number of piperidine rings is 1. The molecule has 2 saturated heterocycles. The number of hydrogen-bond acceptors (Lipinski definition) is 6. The third-order valence-corrected chi connectivity index (χ3v) is 5.42. The topological polar surface area (TPSA) is 93.2 Å². The fourth-order valence-electron chi connectivity index (χ4n) is 3.90. The van der Waals surface area contributed by atoms with Crippen LogP contribution in [0.25, 0.3) is 0 Å². The second-order valence-corrected chi connectivity index (χ2v) is 7.55. The molecule has 1 aromatic rings. The maximum Gasteiger partial charge on any atom is 0.338 e. The van der Waals surface area contributed by atoms with Crippen molar-refractivity contribution in [3.63, 3.8) is 0 Å². The highest BCUT2D eigenvalue weighted by molar-refractivity contribution is 5.92. The minimum Gasteiger partial charge on any atom is -0.464 e. The second-order valence-electron chi connectivity index (χ2n) is 7.55. The van der Waals surface area contributed by atoms with Crippen molar-refractivity contribution in [2.24, 2.45) is 0 Å². The number of benzene rings is 1. The molecule has 2 aliphatic heterocycles. The lowest BCUT2D eigenvalue weighted by Gasteiger charge is -2.33. The molecule has 30 heavy (non-hydrogen) atoms. The van der Waals surface area contributed by atoms with Gasteiger partial charge in [-0.25, -0.2) is 9.59 Å². The van der Waals surface area contributed by atoms with Crippen LogP contribution < -0.4 is 0 Å². The van der Waals surface area contributed by atoms with E-state index < -0.39 is 30.5 Å². The number of ether oxygens (including phenoxy) is 2. The Hall–Kier alpha value is -2.90. The molecule has 2 aliphatic rings. The molecule has 0 aliphatic carbocycles. The van der Waals surface area contributed by atoms with E-state index in [1.165, 1.54) is 4.90 Å². The minimum absolute atomic E-state index is 0.117. The quantitative estimate of drug-likeness (QED) is 0.631. The predicted molar refractivity (Wildman–Crippen MR) is 107 cm³/mol. The van der Waals surface area contributed by atoms with Gasteiger partial charge in [-0.2, -0.15) is 0 Å².